The Morgan fingerprint density at radius 1 is 1.27 bits per heavy atom. The zero-order valence-electron chi connectivity index (χ0n) is 15.4. The first-order valence-corrected chi connectivity index (χ1v) is 10.1. The van der Waals surface area contributed by atoms with E-state index in [-0.39, 0.29) is 11.2 Å². The summed E-state index contributed by atoms with van der Waals surface area (Å²) in [5, 5.41) is 11.7. The summed E-state index contributed by atoms with van der Waals surface area (Å²) in [6, 6.07) is 7.96. The fraction of sp³-hybridized carbons (Fsp3) is 0.526. The van der Waals surface area contributed by atoms with E-state index in [0.29, 0.717) is 16.9 Å². The van der Waals surface area contributed by atoms with Gasteiger partial charge in [0.1, 0.15) is 0 Å². The molecular formula is C19H27N5OS. The predicted octanol–water partition coefficient (Wildman–Crippen LogP) is 3.14. The second kappa shape index (κ2) is 8.58. The number of nitrogens with two attached hydrogens (primary N) is 1. The predicted molar refractivity (Wildman–Crippen MR) is 105 cm³/mol. The van der Waals surface area contributed by atoms with E-state index in [0.717, 1.165) is 12.1 Å². The van der Waals surface area contributed by atoms with E-state index in [1.54, 1.807) is 0 Å². The number of rotatable bonds is 6. The highest BCUT2D eigenvalue weighted by Crippen LogP contribution is 2.26. The van der Waals surface area contributed by atoms with Crippen molar-refractivity contribution in [1.82, 2.24) is 20.2 Å². The molecule has 140 valence electrons. The summed E-state index contributed by atoms with van der Waals surface area (Å²) < 4.78 is 1.46. The smallest absolute Gasteiger partial charge is 0.233 e. The molecular weight excluding hydrogens is 346 g/mol. The van der Waals surface area contributed by atoms with Crippen LogP contribution in [-0.4, -0.2) is 32.6 Å². The molecule has 1 aliphatic rings. The van der Waals surface area contributed by atoms with Crippen LogP contribution in [0.1, 0.15) is 44.6 Å². The number of aromatic nitrogens is 3. The highest BCUT2D eigenvalue weighted by molar-refractivity contribution is 8.00. The summed E-state index contributed by atoms with van der Waals surface area (Å²) in [5.41, 5.74) is 2.08. The molecule has 0 radical (unpaired) electrons. The minimum Gasteiger partial charge on any atom is -0.355 e. The Balaban J connectivity index is 1.57. The summed E-state index contributed by atoms with van der Waals surface area (Å²) in [7, 11) is 0. The molecule has 1 amide bonds. The minimum atomic E-state index is -0.268. The molecule has 0 spiro atoms. The molecule has 1 aromatic heterocycles. The Morgan fingerprint density at radius 3 is 2.65 bits per heavy atom. The molecule has 0 saturated heterocycles. The van der Waals surface area contributed by atoms with Crippen molar-refractivity contribution in [3.8, 4) is 11.4 Å². The first-order valence-electron chi connectivity index (χ1n) is 9.26. The van der Waals surface area contributed by atoms with Gasteiger partial charge in [0.05, 0.1) is 5.25 Å². The fourth-order valence-corrected chi connectivity index (χ4v) is 4.04. The molecule has 1 aliphatic carbocycles. The third-order valence-corrected chi connectivity index (χ3v) is 5.97. The van der Waals surface area contributed by atoms with E-state index in [2.05, 4.69) is 15.5 Å². The van der Waals surface area contributed by atoms with Crippen molar-refractivity contribution in [3.05, 3.63) is 29.8 Å². The van der Waals surface area contributed by atoms with Gasteiger partial charge in [0.2, 0.25) is 11.1 Å². The van der Waals surface area contributed by atoms with Crippen LogP contribution < -0.4 is 11.2 Å². The molecule has 1 atom stereocenters. The Kier molecular flexibility index (Phi) is 6.19. The van der Waals surface area contributed by atoms with E-state index < -0.39 is 0 Å². The fourth-order valence-electron chi connectivity index (χ4n) is 3.25. The lowest BCUT2D eigenvalue weighted by Crippen LogP contribution is -2.35. The van der Waals surface area contributed by atoms with Crippen LogP contribution in [0.4, 0.5) is 0 Å². The van der Waals surface area contributed by atoms with Crippen molar-refractivity contribution in [1.29, 1.82) is 0 Å². The first kappa shape index (κ1) is 18.8. The topological polar surface area (TPSA) is 85.8 Å². The molecule has 1 aromatic carbocycles. The van der Waals surface area contributed by atoms with Gasteiger partial charge >= 0.3 is 0 Å². The van der Waals surface area contributed by atoms with Crippen LogP contribution in [-0.2, 0) is 4.79 Å². The van der Waals surface area contributed by atoms with Crippen LogP contribution in [0.2, 0.25) is 0 Å². The monoisotopic (exact) mass is 373 g/mol. The Morgan fingerprint density at radius 2 is 1.96 bits per heavy atom. The molecule has 1 fully saturated rings. The van der Waals surface area contributed by atoms with Crippen LogP contribution in [0.15, 0.2) is 29.4 Å². The van der Waals surface area contributed by atoms with Gasteiger partial charge in [-0.25, -0.2) is 4.68 Å². The minimum absolute atomic E-state index is 0.0282. The zero-order chi connectivity index (χ0) is 18.5. The summed E-state index contributed by atoms with van der Waals surface area (Å²) in [4.78, 5) is 12.4. The third-order valence-electron chi connectivity index (χ3n) is 4.92. The SMILES string of the molecule is Cc1ccc(-c2nnc(SC(C)C(=O)NCC3CCCCC3)n2N)cc1. The van der Waals surface area contributed by atoms with Crippen LogP contribution in [0.25, 0.3) is 11.4 Å². The van der Waals surface area contributed by atoms with Gasteiger partial charge in [0.25, 0.3) is 0 Å². The average molecular weight is 374 g/mol. The molecule has 7 heteroatoms. The molecule has 2 aromatic rings. The van der Waals surface area contributed by atoms with Gasteiger partial charge in [0.15, 0.2) is 5.82 Å². The van der Waals surface area contributed by atoms with Gasteiger partial charge in [-0.05, 0) is 32.6 Å². The molecule has 0 bridgehead atoms. The van der Waals surface area contributed by atoms with Crippen LogP contribution in [0.3, 0.4) is 0 Å². The molecule has 1 saturated carbocycles. The molecule has 0 aliphatic heterocycles. The molecule has 1 heterocycles. The number of carbonyl (C=O) groups is 1. The number of thioether (sulfide) groups is 1. The van der Waals surface area contributed by atoms with E-state index >= 15 is 0 Å². The van der Waals surface area contributed by atoms with Gasteiger partial charge in [-0.2, -0.15) is 0 Å². The lowest BCUT2D eigenvalue weighted by molar-refractivity contribution is -0.120. The number of benzene rings is 1. The highest BCUT2D eigenvalue weighted by atomic mass is 32.2. The summed E-state index contributed by atoms with van der Waals surface area (Å²) in [6.07, 6.45) is 6.33. The number of nitrogens with zero attached hydrogens (tertiary/aromatic N) is 3. The molecule has 6 nitrogen and oxygen atoms in total. The molecule has 3 rings (SSSR count). The van der Waals surface area contributed by atoms with Crippen molar-refractivity contribution in [2.45, 2.75) is 56.4 Å². The van der Waals surface area contributed by atoms with Gasteiger partial charge in [0, 0.05) is 12.1 Å². The Labute approximate surface area is 158 Å². The number of nitrogen functional groups attached to an aromatic ring is 1. The molecule has 26 heavy (non-hydrogen) atoms. The van der Waals surface area contributed by atoms with Gasteiger partial charge in [-0.15, -0.1) is 10.2 Å². The quantitative estimate of drug-likeness (QED) is 0.600. The second-order valence-electron chi connectivity index (χ2n) is 7.05. The molecule has 3 N–H and O–H groups in total. The van der Waals surface area contributed by atoms with Crippen molar-refractivity contribution in [3.63, 3.8) is 0 Å². The van der Waals surface area contributed by atoms with Crippen LogP contribution >= 0.6 is 11.8 Å². The third kappa shape index (κ3) is 4.58. The Bertz CT molecular complexity index is 737. The number of amides is 1. The van der Waals surface area contributed by atoms with Gasteiger partial charge in [-0.3, -0.25) is 4.79 Å². The standard InChI is InChI=1S/C19H27N5OS/c1-13-8-10-16(11-9-13)17-22-23-19(24(17)20)26-14(2)18(25)21-12-15-6-4-3-5-7-15/h8-11,14-15H,3-7,12,20H2,1-2H3,(H,21,25). The van der Waals surface area contributed by atoms with Crippen molar-refractivity contribution < 1.29 is 4.79 Å². The van der Waals surface area contributed by atoms with Crippen LogP contribution in [0.5, 0.6) is 0 Å². The van der Waals surface area contributed by atoms with E-state index in [1.807, 2.05) is 38.1 Å². The summed E-state index contributed by atoms with van der Waals surface area (Å²) in [6.45, 7) is 4.68. The van der Waals surface area contributed by atoms with Gasteiger partial charge in [-0.1, -0.05) is 60.9 Å². The number of nitrogens with one attached hydrogen (secondary N) is 1. The number of hydrogen-bond donors (Lipinski definition) is 2. The number of carbonyl (C=O) groups excluding carboxylic acids is 1. The molecule has 1 unspecified atom stereocenters. The average Bonchev–Trinajstić information content (AvgIpc) is 3.01. The van der Waals surface area contributed by atoms with Gasteiger partial charge < -0.3 is 11.2 Å². The maximum Gasteiger partial charge on any atom is 0.233 e. The Hall–Kier alpha value is -2.02. The number of hydrogen-bond acceptors (Lipinski definition) is 5. The lowest BCUT2D eigenvalue weighted by Gasteiger charge is -2.22. The second-order valence-corrected chi connectivity index (χ2v) is 8.36. The van der Waals surface area contributed by atoms with E-state index in [9.17, 15) is 4.79 Å². The first-order chi connectivity index (χ1) is 12.5. The lowest BCUT2D eigenvalue weighted by atomic mass is 9.89. The van der Waals surface area contributed by atoms with Crippen molar-refractivity contribution in [2.75, 3.05) is 12.4 Å². The maximum atomic E-state index is 12.4. The summed E-state index contributed by atoms with van der Waals surface area (Å²) >= 11 is 1.34. The zero-order valence-corrected chi connectivity index (χ0v) is 16.3. The summed E-state index contributed by atoms with van der Waals surface area (Å²) in [5.74, 6) is 7.40. The highest BCUT2D eigenvalue weighted by Gasteiger charge is 2.21. The normalized spacial score (nSPS) is 16.4. The number of aryl methyl sites for hydroxylation is 1. The van der Waals surface area contributed by atoms with Crippen molar-refractivity contribution in [2.24, 2.45) is 5.92 Å². The van der Waals surface area contributed by atoms with E-state index in [4.69, 9.17) is 5.84 Å². The van der Waals surface area contributed by atoms with Crippen LogP contribution in [0, 0.1) is 12.8 Å². The maximum absolute atomic E-state index is 12.4. The van der Waals surface area contributed by atoms with Crippen molar-refractivity contribution >= 4 is 17.7 Å². The largest absolute Gasteiger partial charge is 0.355 e. The van der Waals surface area contributed by atoms with E-state index in [1.165, 1.54) is 54.1 Å².